The number of benzene rings is 2. The van der Waals surface area contributed by atoms with E-state index in [9.17, 15) is 13.2 Å². The summed E-state index contributed by atoms with van der Waals surface area (Å²) in [6, 6.07) is 10.3. The van der Waals surface area contributed by atoms with Gasteiger partial charge in [0.1, 0.15) is 5.58 Å². The van der Waals surface area contributed by atoms with Crippen LogP contribution in [0.1, 0.15) is 27.2 Å². The Balaban J connectivity index is 1.71. The number of nitrogens with zero attached hydrogens (tertiary/aromatic N) is 2. The highest BCUT2D eigenvalue weighted by Crippen LogP contribution is 2.32. The monoisotopic (exact) mass is 470 g/mol. The molecule has 2 aromatic heterocycles. The van der Waals surface area contributed by atoms with E-state index in [0.29, 0.717) is 22.6 Å². The molecule has 0 bridgehead atoms. The summed E-state index contributed by atoms with van der Waals surface area (Å²) in [5.74, 6) is 0.177. The van der Waals surface area contributed by atoms with Crippen molar-refractivity contribution in [3.8, 4) is 0 Å². The third-order valence-corrected chi connectivity index (χ3v) is 7.22. The van der Waals surface area contributed by atoms with E-state index in [1.807, 2.05) is 36.0 Å². The van der Waals surface area contributed by atoms with Crippen LogP contribution in [0.3, 0.4) is 0 Å². The number of imidazole rings is 1. The lowest BCUT2D eigenvalue weighted by atomic mass is 10.1. The van der Waals surface area contributed by atoms with Gasteiger partial charge < -0.3 is 14.3 Å². The van der Waals surface area contributed by atoms with E-state index >= 15 is 0 Å². The van der Waals surface area contributed by atoms with E-state index in [4.69, 9.17) is 9.56 Å². The van der Waals surface area contributed by atoms with Crippen LogP contribution in [0.5, 0.6) is 0 Å². The highest BCUT2D eigenvalue weighted by molar-refractivity contribution is 7.98. The second-order valence-corrected chi connectivity index (χ2v) is 9.93. The summed E-state index contributed by atoms with van der Waals surface area (Å²) in [5, 5.41) is 9.75. The van der Waals surface area contributed by atoms with Gasteiger partial charge in [-0.25, -0.2) is 18.5 Å². The lowest BCUT2D eigenvalue weighted by Gasteiger charge is -2.12. The Morgan fingerprint density at radius 2 is 2.00 bits per heavy atom. The number of carbonyl (C=O) groups excluding carboxylic acids is 1. The summed E-state index contributed by atoms with van der Waals surface area (Å²) < 4.78 is 31.5. The molecule has 0 unspecified atom stereocenters. The number of aromatic nitrogens is 2. The number of nitrogens with one attached hydrogen (secondary N) is 1. The van der Waals surface area contributed by atoms with E-state index in [0.717, 1.165) is 21.7 Å². The van der Waals surface area contributed by atoms with Crippen molar-refractivity contribution in [3.63, 3.8) is 0 Å². The number of para-hydroxylation sites is 1. The van der Waals surface area contributed by atoms with Crippen molar-refractivity contribution in [2.75, 3.05) is 5.32 Å². The van der Waals surface area contributed by atoms with Crippen LogP contribution in [-0.2, 0) is 22.8 Å². The molecule has 3 N–H and O–H groups in total. The van der Waals surface area contributed by atoms with Gasteiger partial charge in [-0.15, -0.1) is 0 Å². The fourth-order valence-corrected chi connectivity index (χ4v) is 4.94. The Morgan fingerprint density at radius 3 is 2.69 bits per heavy atom. The van der Waals surface area contributed by atoms with Gasteiger partial charge in [0.2, 0.25) is 10.0 Å². The highest BCUT2D eigenvalue weighted by Gasteiger charge is 2.23. The number of fused-ring (bicyclic) bond motifs is 1. The number of primary sulfonamides is 1. The largest absolute Gasteiger partial charge is 0.451 e. The van der Waals surface area contributed by atoms with Crippen molar-refractivity contribution >= 4 is 44.3 Å². The lowest BCUT2D eigenvalue weighted by Crippen LogP contribution is -2.17. The smallest absolute Gasteiger partial charge is 0.291 e. The number of sulfonamides is 1. The molecule has 0 saturated heterocycles. The lowest BCUT2D eigenvalue weighted by molar-refractivity contribution is 0.0997. The molecule has 32 heavy (non-hydrogen) atoms. The maximum Gasteiger partial charge on any atom is 0.291 e. The SMILES string of the molecule is Cc1cc(S(N)(=O)=O)cc(NC(=O)c2oc3ccccc3c2CSc2nccn2C)c1C. The fraction of sp³-hybridized carbons (Fsp3) is 0.182. The molecular weight excluding hydrogens is 448 g/mol. The number of carbonyl (C=O) groups is 1. The number of hydrogen-bond donors (Lipinski definition) is 2. The number of rotatable bonds is 6. The van der Waals surface area contributed by atoms with Crippen LogP contribution in [0.15, 0.2) is 63.3 Å². The summed E-state index contributed by atoms with van der Waals surface area (Å²) in [5.41, 5.74) is 3.14. The van der Waals surface area contributed by atoms with E-state index in [1.165, 1.54) is 23.9 Å². The molecule has 4 aromatic rings. The average molecular weight is 471 g/mol. The minimum absolute atomic E-state index is 0.0638. The van der Waals surface area contributed by atoms with E-state index in [1.54, 1.807) is 26.1 Å². The predicted octanol–water partition coefficient (Wildman–Crippen LogP) is 3.98. The standard InChI is InChI=1S/C22H22N4O4S2/c1-13-10-15(32(23,28)29)11-18(14(13)2)25-21(27)20-17(12-31-22-24-8-9-26(22)3)16-6-4-5-7-19(16)30-20/h4-11H,12H2,1-3H3,(H,25,27)(H2,23,28,29). The first-order valence-electron chi connectivity index (χ1n) is 9.71. The summed E-state index contributed by atoms with van der Waals surface area (Å²) in [6.07, 6.45) is 3.57. The van der Waals surface area contributed by atoms with Gasteiger partial charge in [0.15, 0.2) is 10.9 Å². The Morgan fingerprint density at radius 1 is 1.25 bits per heavy atom. The van der Waals surface area contributed by atoms with Gasteiger partial charge in [-0.3, -0.25) is 4.79 Å². The number of hydrogen-bond acceptors (Lipinski definition) is 6. The summed E-state index contributed by atoms with van der Waals surface area (Å²) in [6.45, 7) is 3.56. The number of anilines is 1. The number of amides is 1. The molecule has 10 heteroatoms. The minimum atomic E-state index is -3.92. The van der Waals surface area contributed by atoms with Gasteiger partial charge in [0.25, 0.3) is 5.91 Å². The average Bonchev–Trinajstić information content (AvgIpc) is 3.32. The van der Waals surface area contributed by atoms with Crippen molar-refractivity contribution in [1.29, 1.82) is 0 Å². The Bertz CT molecular complexity index is 1440. The molecule has 0 aliphatic heterocycles. The van der Waals surface area contributed by atoms with E-state index in [-0.39, 0.29) is 10.7 Å². The summed E-state index contributed by atoms with van der Waals surface area (Å²) in [7, 11) is -2.02. The molecule has 166 valence electrons. The maximum absolute atomic E-state index is 13.2. The summed E-state index contributed by atoms with van der Waals surface area (Å²) in [4.78, 5) is 17.5. The number of aryl methyl sites for hydroxylation is 2. The van der Waals surface area contributed by atoms with Gasteiger partial charge in [0, 0.05) is 41.8 Å². The van der Waals surface area contributed by atoms with Gasteiger partial charge in [0.05, 0.1) is 4.90 Å². The summed E-state index contributed by atoms with van der Waals surface area (Å²) >= 11 is 1.49. The van der Waals surface area contributed by atoms with Crippen molar-refractivity contribution in [2.45, 2.75) is 29.7 Å². The van der Waals surface area contributed by atoms with Gasteiger partial charge in [-0.2, -0.15) is 0 Å². The van der Waals surface area contributed by atoms with Gasteiger partial charge in [-0.1, -0.05) is 30.0 Å². The zero-order valence-corrected chi connectivity index (χ0v) is 19.4. The van der Waals surface area contributed by atoms with Crippen LogP contribution < -0.4 is 10.5 Å². The zero-order chi connectivity index (χ0) is 23.0. The van der Waals surface area contributed by atoms with Gasteiger partial charge >= 0.3 is 0 Å². The minimum Gasteiger partial charge on any atom is -0.451 e. The molecule has 0 atom stereocenters. The Kier molecular flexibility index (Phi) is 5.85. The normalized spacial score (nSPS) is 11.8. The van der Waals surface area contributed by atoms with Crippen LogP contribution >= 0.6 is 11.8 Å². The van der Waals surface area contributed by atoms with Crippen LogP contribution in [-0.4, -0.2) is 23.9 Å². The molecule has 8 nitrogen and oxygen atoms in total. The van der Waals surface area contributed by atoms with Crippen LogP contribution in [0.25, 0.3) is 11.0 Å². The molecule has 0 radical (unpaired) electrons. The molecule has 0 saturated carbocycles. The Labute approximate surface area is 189 Å². The first-order chi connectivity index (χ1) is 15.1. The molecule has 0 fully saturated rings. The molecule has 2 heterocycles. The molecule has 0 aliphatic rings. The van der Waals surface area contributed by atoms with Crippen molar-refractivity contribution in [1.82, 2.24) is 9.55 Å². The second kappa shape index (κ2) is 8.45. The Hall–Kier alpha value is -3.08. The van der Waals surface area contributed by atoms with Crippen LogP contribution in [0, 0.1) is 13.8 Å². The zero-order valence-electron chi connectivity index (χ0n) is 17.7. The van der Waals surface area contributed by atoms with E-state index < -0.39 is 15.9 Å². The quantitative estimate of drug-likeness (QED) is 0.411. The third kappa shape index (κ3) is 4.29. The number of furan rings is 1. The first kappa shape index (κ1) is 22.1. The molecular formula is C22H22N4O4S2. The number of nitrogens with two attached hydrogens (primary N) is 1. The van der Waals surface area contributed by atoms with Gasteiger partial charge in [-0.05, 0) is 43.2 Å². The number of thioether (sulfide) groups is 1. The van der Waals surface area contributed by atoms with Crippen LogP contribution in [0.4, 0.5) is 5.69 Å². The van der Waals surface area contributed by atoms with Crippen molar-refractivity contribution in [2.24, 2.45) is 12.2 Å². The topological polar surface area (TPSA) is 120 Å². The van der Waals surface area contributed by atoms with Crippen LogP contribution in [0.2, 0.25) is 0 Å². The third-order valence-electron chi connectivity index (χ3n) is 5.24. The second-order valence-electron chi connectivity index (χ2n) is 7.43. The maximum atomic E-state index is 13.2. The van der Waals surface area contributed by atoms with Crippen molar-refractivity contribution in [3.05, 3.63) is 71.2 Å². The molecule has 4 rings (SSSR count). The molecule has 0 aliphatic carbocycles. The fourth-order valence-electron chi connectivity index (χ4n) is 3.35. The molecule has 1 amide bonds. The molecule has 0 spiro atoms. The highest BCUT2D eigenvalue weighted by atomic mass is 32.2. The predicted molar refractivity (Wildman–Crippen MR) is 124 cm³/mol. The van der Waals surface area contributed by atoms with Crippen molar-refractivity contribution < 1.29 is 17.6 Å². The van der Waals surface area contributed by atoms with E-state index in [2.05, 4.69) is 10.3 Å². The first-order valence-corrected chi connectivity index (χ1v) is 12.2. The molecule has 2 aromatic carbocycles.